The molecule has 0 aromatic carbocycles. The quantitative estimate of drug-likeness (QED) is 0.801. The summed E-state index contributed by atoms with van der Waals surface area (Å²) in [7, 11) is 3.41. The Balaban J connectivity index is 2.16. The number of ether oxygens (including phenoxy) is 1. The second-order valence-electron chi connectivity index (χ2n) is 6.85. The molecule has 5 nitrogen and oxygen atoms in total. The topological polar surface area (TPSA) is 55.3 Å². The van der Waals surface area contributed by atoms with Crippen LogP contribution in [0.4, 0.5) is 5.82 Å². The van der Waals surface area contributed by atoms with Crippen LogP contribution in [-0.2, 0) is 4.74 Å². The monoisotopic (exact) mass is 291 g/mol. The van der Waals surface area contributed by atoms with Gasteiger partial charge in [-0.25, -0.2) is 4.79 Å². The molecule has 2 rings (SSSR count). The number of methoxy groups -OCH3 is 1. The van der Waals surface area contributed by atoms with Crippen molar-refractivity contribution < 1.29 is 9.53 Å². The van der Waals surface area contributed by atoms with Gasteiger partial charge in [0.05, 0.1) is 7.11 Å². The molecule has 0 bridgehead atoms. The first-order valence-corrected chi connectivity index (χ1v) is 7.49. The van der Waals surface area contributed by atoms with Crippen molar-refractivity contribution in [2.24, 2.45) is 11.3 Å². The minimum atomic E-state index is -0.454. The maximum atomic E-state index is 11.4. The van der Waals surface area contributed by atoms with Crippen LogP contribution in [0, 0.1) is 11.3 Å². The van der Waals surface area contributed by atoms with Crippen LogP contribution in [0.1, 0.15) is 50.5 Å². The van der Waals surface area contributed by atoms with Gasteiger partial charge in [0.15, 0.2) is 11.5 Å². The van der Waals surface area contributed by atoms with E-state index in [-0.39, 0.29) is 11.1 Å². The van der Waals surface area contributed by atoms with Crippen LogP contribution >= 0.6 is 0 Å². The van der Waals surface area contributed by atoms with Gasteiger partial charge in [-0.2, -0.15) is 0 Å². The third-order valence-corrected chi connectivity index (χ3v) is 4.50. The number of aromatic nitrogens is 2. The van der Waals surface area contributed by atoms with Crippen LogP contribution in [0.5, 0.6) is 0 Å². The number of hydrogen-bond acceptors (Lipinski definition) is 5. The highest BCUT2D eigenvalue weighted by atomic mass is 16.5. The highest BCUT2D eigenvalue weighted by Gasteiger charge is 2.38. The predicted octanol–water partition coefficient (Wildman–Crippen LogP) is 2.91. The lowest BCUT2D eigenvalue weighted by molar-refractivity contribution is 0.0592. The Morgan fingerprint density at radius 1 is 1.29 bits per heavy atom. The van der Waals surface area contributed by atoms with Gasteiger partial charge in [0.2, 0.25) is 0 Å². The molecule has 1 aliphatic rings. The van der Waals surface area contributed by atoms with Gasteiger partial charge in [-0.05, 0) is 36.3 Å². The van der Waals surface area contributed by atoms with Crippen molar-refractivity contribution >= 4 is 11.8 Å². The Morgan fingerprint density at radius 2 is 2.00 bits per heavy atom. The van der Waals surface area contributed by atoms with E-state index in [9.17, 15) is 4.79 Å². The molecule has 1 saturated carbocycles. The Bertz CT molecular complexity index is 493. The summed E-state index contributed by atoms with van der Waals surface area (Å²) < 4.78 is 4.64. The Kier molecular flexibility index (Phi) is 4.49. The number of nitrogens with zero attached hydrogens (tertiary/aromatic N) is 3. The van der Waals surface area contributed by atoms with Crippen LogP contribution < -0.4 is 4.90 Å². The Morgan fingerprint density at radius 3 is 2.52 bits per heavy atom. The molecule has 0 aliphatic heterocycles. The first-order chi connectivity index (χ1) is 9.84. The largest absolute Gasteiger partial charge is 0.464 e. The molecule has 1 aromatic rings. The van der Waals surface area contributed by atoms with Gasteiger partial charge >= 0.3 is 5.97 Å². The molecule has 2 atom stereocenters. The van der Waals surface area contributed by atoms with Crippen molar-refractivity contribution in [3.05, 3.63) is 17.8 Å². The zero-order valence-corrected chi connectivity index (χ0v) is 13.6. The molecule has 116 valence electrons. The summed E-state index contributed by atoms with van der Waals surface area (Å²) in [6.45, 7) is 6.90. The second kappa shape index (κ2) is 6.00. The lowest BCUT2D eigenvalue weighted by Gasteiger charge is -2.37. The highest BCUT2D eigenvalue weighted by molar-refractivity contribution is 5.86. The van der Waals surface area contributed by atoms with Gasteiger partial charge in [0, 0.05) is 13.1 Å². The van der Waals surface area contributed by atoms with Gasteiger partial charge in [-0.15, -0.1) is 10.2 Å². The fraction of sp³-hybridized carbons (Fsp3) is 0.688. The predicted molar refractivity (Wildman–Crippen MR) is 82.4 cm³/mol. The van der Waals surface area contributed by atoms with Gasteiger partial charge < -0.3 is 9.64 Å². The zero-order valence-electron chi connectivity index (χ0n) is 13.6. The fourth-order valence-corrected chi connectivity index (χ4v) is 3.31. The summed E-state index contributed by atoms with van der Waals surface area (Å²) in [5.74, 6) is 0.999. The number of carbonyl (C=O) groups excluding carboxylic acids is 1. The summed E-state index contributed by atoms with van der Waals surface area (Å²) in [6.07, 6.45) is 3.69. The van der Waals surface area contributed by atoms with Gasteiger partial charge in [0.1, 0.15) is 0 Å². The van der Waals surface area contributed by atoms with E-state index in [0.717, 1.165) is 5.82 Å². The van der Waals surface area contributed by atoms with E-state index in [2.05, 4.69) is 47.7 Å². The van der Waals surface area contributed by atoms with Crippen molar-refractivity contribution in [2.45, 2.75) is 46.1 Å². The maximum Gasteiger partial charge on any atom is 0.358 e. The molecule has 1 fully saturated rings. The van der Waals surface area contributed by atoms with E-state index in [1.54, 1.807) is 6.07 Å². The number of esters is 1. The van der Waals surface area contributed by atoms with Gasteiger partial charge in [-0.1, -0.05) is 27.2 Å². The van der Waals surface area contributed by atoms with Crippen LogP contribution in [0.15, 0.2) is 12.1 Å². The maximum absolute atomic E-state index is 11.4. The summed E-state index contributed by atoms with van der Waals surface area (Å²) in [5.41, 5.74) is 0.530. The number of rotatable bonds is 3. The second-order valence-corrected chi connectivity index (χ2v) is 6.85. The average Bonchev–Trinajstić information content (AvgIpc) is 2.95. The molecule has 0 saturated heterocycles. The van der Waals surface area contributed by atoms with E-state index < -0.39 is 5.97 Å². The number of hydrogen-bond donors (Lipinski definition) is 0. The van der Waals surface area contributed by atoms with Gasteiger partial charge in [0.25, 0.3) is 0 Å². The summed E-state index contributed by atoms with van der Waals surface area (Å²) in [5, 5.41) is 8.15. The lowest BCUT2D eigenvalue weighted by atomic mass is 9.77. The smallest absolute Gasteiger partial charge is 0.358 e. The van der Waals surface area contributed by atoms with E-state index >= 15 is 0 Å². The van der Waals surface area contributed by atoms with Crippen molar-refractivity contribution in [1.82, 2.24) is 10.2 Å². The highest BCUT2D eigenvalue weighted by Crippen LogP contribution is 2.42. The van der Waals surface area contributed by atoms with E-state index in [0.29, 0.717) is 12.0 Å². The summed E-state index contributed by atoms with van der Waals surface area (Å²) in [4.78, 5) is 13.6. The molecule has 2 unspecified atom stereocenters. The molecule has 1 aromatic heterocycles. The summed E-state index contributed by atoms with van der Waals surface area (Å²) in [6, 6.07) is 3.99. The molecule has 1 heterocycles. The first kappa shape index (κ1) is 15.7. The van der Waals surface area contributed by atoms with E-state index in [4.69, 9.17) is 0 Å². The first-order valence-electron chi connectivity index (χ1n) is 7.49. The normalized spacial score (nSPS) is 22.1. The molecule has 5 heteroatoms. The van der Waals surface area contributed by atoms with Crippen molar-refractivity contribution in [2.75, 3.05) is 19.1 Å². The Hall–Kier alpha value is -1.65. The molecule has 0 amide bonds. The standard InChI is InChI=1S/C16H25N3O2/c1-16(2,3)11-7-6-8-13(11)19(4)14-10-9-12(17-18-14)15(20)21-5/h9-11,13H,6-8H2,1-5H3. The fourth-order valence-electron chi connectivity index (χ4n) is 3.31. The molecular formula is C16H25N3O2. The van der Waals surface area contributed by atoms with Crippen molar-refractivity contribution in [3.63, 3.8) is 0 Å². The third kappa shape index (κ3) is 3.34. The van der Waals surface area contributed by atoms with Crippen LogP contribution in [0.3, 0.4) is 0 Å². The zero-order chi connectivity index (χ0) is 15.6. The third-order valence-electron chi connectivity index (χ3n) is 4.50. The SMILES string of the molecule is COC(=O)c1ccc(N(C)C2CCCC2C(C)(C)C)nn1. The minimum absolute atomic E-state index is 0.244. The van der Waals surface area contributed by atoms with Crippen LogP contribution in [0.2, 0.25) is 0 Å². The Labute approximate surface area is 126 Å². The molecule has 0 radical (unpaired) electrons. The van der Waals surface area contributed by atoms with Crippen LogP contribution in [0.25, 0.3) is 0 Å². The molecule has 1 aliphatic carbocycles. The molecular weight excluding hydrogens is 266 g/mol. The molecule has 21 heavy (non-hydrogen) atoms. The van der Waals surface area contributed by atoms with E-state index in [1.165, 1.54) is 26.4 Å². The number of anilines is 1. The number of carbonyl (C=O) groups is 1. The summed E-state index contributed by atoms with van der Waals surface area (Å²) >= 11 is 0. The van der Waals surface area contributed by atoms with Crippen molar-refractivity contribution in [1.29, 1.82) is 0 Å². The van der Waals surface area contributed by atoms with Gasteiger partial charge in [-0.3, -0.25) is 0 Å². The van der Waals surface area contributed by atoms with Crippen molar-refractivity contribution in [3.8, 4) is 0 Å². The minimum Gasteiger partial charge on any atom is -0.464 e. The lowest BCUT2D eigenvalue weighted by Crippen LogP contribution is -2.40. The average molecular weight is 291 g/mol. The molecule has 0 spiro atoms. The molecule has 0 N–H and O–H groups in total. The van der Waals surface area contributed by atoms with Crippen LogP contribution in [-0.4, -0.2) is 36.4 Å². The van der Waals surface area contributed by atoms with E-state index in [1.807, 2.05) is 6.07 Å².